The Kier molecular flexibility index (Phi) is 5.54. The topological polar surface area (TPSA) is 92.8 Å². The highest BCUT2D eigenvalue weighted by Crippen LogP contribution is 2.23. The molecule has 7 nitrogen and oxygen atoms in total. The first-order valence-electron chi connectivity index (χ1n) is 8.85. The van der Waals surface area contributed by atoms with Crippen molar-refractivity contribution in [3.05, 3.63) is 59.2 Å². The fourth-order valence-electron chi connectivity index (χ4n) is 2.88. The number of amides is 3. The Morgan fingerprint density at radius 1 is 1.00 bits per heavy atom. The van der Waals surface area contributed by atoms with Gasteiger partial charge in [-0.15, -0.1) is 0 Å². The van der Waals surface area contributed by atoms with Crippen molar-refractivity contribution in [3.63, 3.8) is 0 Å². The number of anilines is 2. The van der Waals surface area contributed by atoms with Crippen LogP contribution in [-0.2, 0) is 19.1 Å². The molecule has 7 heteroatoms. The van der Waals surface area contributed by atoms with Gasteiger partial charge in [-0.25, -0.2) is 4.79 Å². The second-order valence-electron chi connectivity index (χ2n) is 6.61. The largest absolute Gasteiger partial charge is 0.452 e. The molecule has 1 aliphatic rings. The molecular weight excluding hydrogens is 360 g/mol. The van der Waals surface area contributed by atoms with Gasteiger partial charge in [0.15, 0.2) is 6.61 Å². The van der Waals surface area contributed by atoms with Crippen molar-refractivity contribution in [2.75, 3.05) is 16.8 Å². The number of benzene rings is 2. The Bertz CT molecular complexity index is 934. The third kappa shape index (κ3) is 4.25. The van der Waals surface area contributed by atoms with Gasteiger partial charge in [0.1, 0.15) is 0 Å². The maximum atomic E-state index is 12.1. The summed E-state index contributed by atoms with van der Waals surface area (Å²) in [7, 11) is 0. The molecule has 0 atom stereocenters. The normalized spacial score (nSPS) is 13.6. The van der Waals surface area contributed by atoms with E-state index in [9.17, 15) is 19.2 Å². The molecule has 0 saturated carbocycles. The quantitative estimate of drug-likeness (QED) is 0.636. The van der Waals surface area contributed by atoms with Crippen molar-refractivity contribution >= 4 is 35.1 Å². The first-order valence-corrected chi connectivity index (χ1v) is 8.85. The molecule has 2 aromatic rings. The summed E-state index contributed by atoms with van der Waals surface area (Å²) >= 11 is 0. The fourth-order valence-corrected chi connectivity index (χ4v) is 2.88. The lowest BCUT2D eigenvalue weighted by atomic mass is 10.1. The van der Waals surface area contributed by atoms with E-state index in [1.165, 1.54) is 24.3 Å². The lowest BCUT2D eigenvalue weighted by Gasteiger charge is -2.14. The number of hydrogen-bond acceptors (Lipinski definition) is 5. The van der Waals surface area contributed by atoms with Crippen molar-refractivity contribution in [1.82, 2.24) is 0 Å². The van der Waals surface area contributed by atoms with Gasteiger partial charge in [0.2, 0.25) is 11.8 Å². The van der Waals surface area contributed by atoms with Gasteiger partial charge in [-0.3, -0.25) is 19.3 Å². The monoisotopic (exact) mass is 380 g/mol. The van der Waals surface area contributed by atoms with Crippen LogP contribution < -0.4 is 10.2 Å². The Balaban J connectivity index is 1.57. The van der Waals surface area contributed by atoms with E-state index in [-0.39, 0.29) is 30.2 Å². The summed E-state index contributed by atoms with van der Waals surface area (Å²) in [6, 6.07) is 11.6. The summed E-state index contributed by atoms with van der Waals surface area (Å²) in [6.45, 7) is 3.37. The summed E-state index contributed by atoms with van der Waals surface area (Å²) in [5, 5.41) is 2.72. The zero-order valence-electron chi connectivity index (χ0n) is 15.7. The summed E-state index contributed by atoms with van der Waals surface area (Å²) in [5.41, 5.74) is 3.23. The molecule has 1 N–H and O–H groups in total. The minimum absolute atomic E-state index is 0.193. The maximum Gasteiger partial charge on any atom is 0.338 e. The third-order valence-electron chi connectivity index (χ3n) is 4.41. The second kappa shape index (κ2) is 8.04. The molecule has 2 aromatic carbocycles. The van der Waals surface area contributed by atoms with Gasteiger partial charge in [-0.05, 0) is 55.3 Å². The van der Waals surface area contributed by atoms with E-state index in [4.69, 9.17) is 4.74 Å². The molecule has 28 heavy (non-hydrogen) atoms. The maximum absolute atomic E-state index is 12.1. The molecule has 3 amide bonds. The van der Waals surface area contributed by atoms with E-state index in [0.717, 1.165) is 16.0 Å². The predicted octanol–water partition coefficient (Wildman–Crippen LogP) is 2.75. The minimum atomic E-state index is -0.665. The number of carbonyl (C=O) groups is 4. The number of nitrogens with zero attached hydrogens (tertiary/aromatic N) is 1. The van der Waals surface area contributed by atoms with Crippen LogP contribution in [0.4, 0.5) is 11.4 Å². The average Bonchev–Trinajstić information content (AvgIpc) is 3.01. The van der Waals surface area contributed by atoms with Gasteiger partial charge in [0.25, 0.3) is 5.91 Å². The van der Waals surface area contributed by atoms with E-state index < -0.39 is 18.5 Å². The van der Waals surface area contributed by atoms with Crippen LogP contribution in [0.3, 0.4) is 0 Å². The number of nitrogens with one attached hydrogen (secondary N) is 1. The van der Waals surface area contributed by atoms with Crippen LogP contribution in [-0.4, -0.2) is 30.3 Å². The molecular formula is C21H20N2O5. The average molecular weight is 380 g/mol. The smallest absolute Gasteiger partial charge is 0.338 e. The van der Waals surface area contributed by atoms with Gasteiger partial charge in [-0.2, -0.15) is 0 Å². The minimum Gasteiger partial charge on any atom is -0.452 e. The first-order chi connectivity index (χ1) is 13.3. The molecule has 0 aliphatic carbocycles. The highest BCUT2D eigenvalue weighted by Gasteiger charge is 2.30. The lowest BCUT2D eigenvalue weighted by Crippen LogP contribution is -2.28. The van der Waals surface area contributed by atoms with Gasteiger partial charge in [0.05, 0.1) is 11.3 Å². The predicted molar refractivity (Wildman–Crippen MR) is 103 cm³/mol. The Labute approximate surface area is 162 Å². The summed E-state index contributed by atoms with van der Waals surface area (Å²) in [4.78, 5) is 48.8. The summed E-state index contributed by atoms with van der Waals surface area (Å²) < 4.78 is 5.04. The van der Waals surface area contributed by atoms with Gasteiger partial charge in [0, 0.05) is 18.5 Å². The van der Waals surface area contributed by atoms with Crippen LogP contribution in [0.2, 0.25) is 0 Å². The molecule has 0 bridgehead atoms. The standard InChI is InChI=1S/C21H20N2O5/c1-13-3-4-14(2)17(11-13)22-18(24)12-28-21(27)15-5-7-16(8-6-15)23-19(25)9-10-20(23)26/h3-8,11H,9-10,12H2,1-2H3,(H,22,24). The molecule has 0 radical (unpaired) electrons. The van der Waals surface area contributed by atoms with Crippen LogP contribution in [0.15, 0.2) is 42.5 Å². The molecule has 1 aliphatic heterocycles. The van der Waals surface area contributed by atoms with Crippen molar-refractivity contribution in [2.24, 2.45) is 0 Å². The van der Waals surface area contributed by atoms with Crippen molar-refractivity contribution in [2.45, 2.75) is 26.7 Å². The van der Waals surface area contributed by atoms with Gasteiger partial charge >= 0.3 is 5.97 Å². The fraction of sp³-hybridized carbons (Fsp3) is 0.238. The number of ether oxygens (including phenoxy) is 1. The summed E-state index contributed by atoms with van der Waals surface area (Å²) in [5.74, 6) is -1.62. The Morgan fingerprint density at radius 2 is 1.64 bits per heavy atom. The van der Waals surface area contributed by atoms with E-state index in [2.05, 4.69) is 5.32 Å². The Hall–Kier alpha value is -3.48. The van der Waals surface area contributed by atoms with E-state index in [0.29, 0.717) is 11.4 Å². The highest BCUT2D eigenvalue weighted by molar-refractivity contribution is 6.19. The number of esters is 1. The zero-order chi connectivity index (χ0) is 20.3. The number of carbonyl (C=O) groups excluding carboxylic acids is 4. The highest BCUT2D eigenvalue weighted by atomic mass is 16.5. The van der Waals surface area contributed by atoms with Crippen LogP contribution >= 0.6 is 0 Å². The van der Waals surface area contributed by atoms with E-state index in [1.807, 2.05) is 32.0 Å². The van der Waals surface area contributed by atoms with Crippen LogP contribution in [0.5, 0.6) is 0 Å². The molecule has 3 rings (SSSR count). The van der Waals surface area contributed by atoms with Crippen LogP contribution in [0, 0.1) is 13.8 Å². The molecule has 1 fully saturated rings. The van der Waals surface area contributed by atoms with Gasteiger partial charge in [-0.1, -0.05) is 12.1 Å². The molecule has 1 saturated heterocycles. The number of hydrogen-bond donors (Lipinski definition) is 1. The van der Waals surface area contributed by atoms with Crippen LogP contribution in [0.1, 0.15) is 34.3 Å². The lowest BCUT2D eigenvalue weighted by molar-refractivity contribution is -0.121. The number of rotatable bonds is 5. The number of imide groups is 1. The third-order valence-corrected chi connectivity index (χ3v) is 4.41. The summed E-state index contributed by atoms with van der Waals surface area (Å²) in [6.07, 6.45) is 0.385. The molecule has 144 valence electrons. The van der Waals surface area contributed by atoms with E-state index in [1.54, 1.807) is 0 Å². The first kappa shape index (κ1) is 19.3. The Morgan fingerprint density at radius 3 is 2.29 bits per heavy atom. The van der Waals surface area contributed by atoms with Gasteiger partial charge < -0.3 is 10.1 Å². The molecule has 1 heterocycles. The molecule has 0 aromatic heterocycles. The number of aryl methyl sites for hydroxylation is 2. The van der Waals surface area contributed by atoms with E-state index >= 15 is 0 Å². The second-order valence-corrected chi connectivity index (χ2v) is 6.61. The zero-order valence-corrected chi connectivity index (χ0v) is 15.7. The van der Waals surface area contributed by atoms with Crippen LogP contribution in [0.25, 0.3) is 0 Å². The van der Waals surface area contributed by atoms with Crippen molar-refractivity contribution in [1.29, 1.82) is 0 Å². The van der Waals surface area contributed by atoms with Crippen molar-refractivity contribution in [3.8, 4) is 0 Å². The van der Waals surface area contributed by atoms with Crippen molar-refractivity contribution < 1.29 is 23.9 Å². The molecule has 0 unspecified atom stereocenters. The SMILES string of the molecule is Cc1ccc(C)c(NC(=O)COC(=O)c2ccc(N3C(=O)CCC3=O)cc2)c1. The molecule has 0 spiro atoms.